The van der Waals surface area contributed by atoms with Crippen LogP contribution in [0.15, 0.2) is 23.3 Å². The lowest BCUT2D eigenvalue weighted by Gasteiger charge is -2.24. The lowest BCUT2D eigenvalue weighted by atomic mass is 10.0. The van der Waals surface area contributed by atoms with E-state index in [0.29, 0.717) is 44.8 Å². The van der Waals surface area contributed by atoms with Gasteiger partial charge in [-0.25, -0.2) is 9.59 Å². The van der Waals surface area contributed by atoms with Gasteiger partial charge in [0, 0.05) is 38.9 Å². The number of carboxylic acids is 1. The first kappa shape index (κ1) is 32.3. The summed E-state index contributed by atoms with van der Waals surface area (Å²) in [6, 6.07) is 2.39. The number of carbonyl (C=O) groups is 2. The number of methoxy groups -OCH3 is 1. The maximum Gasteiger partial charge on any atom is 0.326 e. The predicted molar refractivity (Wildman–Crippen MR) is 158 cm³/mol. The molecule has 7 N–H and O–H groups in total. The molecule has 2 rings (SSSR count). The molecule has 1 atom stereocenters. The monoisotopic (exact) mass is 559 g/mol. The highest BCUT2D eigenvalue weighted by atomic mass is 16.5. The van der Waals surface area contributed by atoms with Gasteiger partial charge in [0.2, 0.25) is 0 Å². The van der Waals surface area contributed by atoms with Crippen molar-refractivity contribution in [3.05, 3.63) is 23.9 Å². The summed E-state index contributed by atoms with van der Waals surface area (Å²) in [6.07, 6.45) is 7.08. The largest absolute Gasteiger partial charge is 0.493 e. The molecular formula is C28H45N7O5. The van der Waals surface area contributed by atoms with Crippen LogP contribution in [-0.4, -0.2) is 74.5 Å². The van der Waals surface area contributed by atoms with Gasteiger partial charge in [0.25, 0.3) is 0 Å². The molecule has 0 aliphatic rings. The standard InChI is InChI=1S/C28H45N7O5/c1-5-7-8-17-40-25-22(39-4)18-21(24-23(25)19(6-2)12-15-31-24)35(3)16-10-14-33-28(38)34-20(26(36)37)11-9-13-32-27(29)30/h12,15,18,20H,5-11,13-14,16-17H2,1-4H3,(H,36,37)(H4,29,30,32)(H2,33,34,38)/t20-/m1/s1. The van der Waals surface area contributed by atoms with Crippen LogP contribution in [0.2, 0.25) is 0 Å². The van der Waals surface area contributed by atoms with Crippen molar-refractivity contribution in [2.75, 3.05) is 45.3 Å². The molecule has 0 spiro atoms. The van der Waals surface area contributed by atoms with Gasteiger partial charge in [-0.05, 0) is 43.7 Å². The van der Waals surface area contributed by atoms with E-state index in [9.17, 15) is 14.7 Å². The van der Waals surface area contributed by atoms with Gasteiger partial charge in [-0.3, -0.25) is 9.98 Å². The number of fused-ring (bicyclic) bond motifs is 1. The molecule has 0 aliphatic carbocycles. The molecule has 12 nitrogen and oxygen atoms in total. The van der Waals surface area contributed by atoms with Crippen LogP contribution in [0.25, 0.3) is 10.9 Å². The fourth-order valence-electron chi connectivity index (χ4n) is 4.35. The number of ether oxygens (including phenoxy) is 2. The minimum Gasteiger partial charge on any atom is -0.493 e. The number of nitrogens with one attached hydrogen (secondary N) is 2. The van der Waals surface area contributed by atoms with Crippen molar-refractivity contribution in [1.82, 2.24) is 15.6 Å². The Morgan fingerprint density at radius 1 is 1.20 bits per heavy atom. The van der Waals surface area contributed by atoms with Crippen LogP contribution in [0, 0.1) is 0 Å². The number of guanidine groups is 1. The molecule has 222 valence electrons. The molecule has 0 fully saturated rings. The number of carboxylic acid groups (broad SMARTS) is 1. The summed E-state index contributed by atoms with van der Waals surface area (Å²) >= 11 is 0. The van der Waals surface area contributed by atoms with Crippen LogP contribution in [0.3, 0.4) is 0 Å². The number of benzene rings is 1. The van der Waals surface area contributed by atoms with E-state index in [2.05, 4.69) is 34.4 Å². The number of nitrogens with two attached hydrogens (primary N) is 2. The first-order valence-electron chi connectivity index (χ1n) is 13.9. The summed E-state index contributed by atoms with van der Waals surface area (Å²) in [5, 5.41) is 15.6. The topological polar surface area (TPSA) is 177 Å². The molecule has 12 heteroatoms. The van der Waals surface area contributed by atoms with Crippen LogP contribution in [0.5, 0.6) is 11.5 Å². The number of rotatable bonds is 18. The molecule has 0 saturated heterocycles. The van der Waals surface area contributed by atoms with E-state index in [1.807, 2.05) is 25.4 Å². The Hall–Kier alpha value is -3.96. The summed E-state index contributed by atoms with van der Waals surface area (Å²) < 4.78 is 12.0. The van der Waals surface area contributed by atoms with E-state index in [1.54, 1.807) is 7.11 Å². The summed E-state index contributed by atoms with van der Waals surface area (Å²) in [7, 11) is 3.60. The quantitative estimate of drug-likeness (QED) is 0.104. The van der Waals surface area contributed by atoms with E-state index in [0.717, 1.165) is 53.6 Å². The number of aryl methyl sites for hydroxylation is 1. The Morgan fingerprint density at radius 2 is 1.98 bits per heavy atom. The number of hydrogen-bond donors (Lipinski definition) is 5. The van der Waals surface area contributed by atoms with Crippen LogP contribution < -0.4 is 36.5 Å². The van der Waals surface area contributed by atoms with Gasteiger partial charge in [-0.15, -0.1) is 0 Å². The number of pyridine rings is 1. The van der Waals surface area contributed by atoms with Gasteiger partial charge in [0.1, 0.15) is 6.04 Å². The van der Waals surface area contributed by atoms with E-state index in [-0.39, 0.29) is 12.4 Å². The minimum absolute atomic E-state index is 0.0535. The number of aliphatic imine (C=N–C) groups is 1. The zero-order chi connectivity index (χ0) is 29.5. The highest BCUT2D eigenvalue weighted by Crippen LogP contribution is 2.42. The normalized spacial score (nSPS) is 11.5. The van der Waals surface area contributed by atoms with Crippen molar-refractivity contribution in [3.8, 4) is 11.5 Å². The highest BCUT2D eigenvalue weighted by Gasteiger charge is 2.21. The summed E-state index contributed by atoms with van der Waals surface area (Å²) in [5.74, 6) is 0.213. The Labute approximate surface area is 236 Å². The number of carbonyl (C=O) groups excluding carboxylic acids is 1. The second-order valence-corrected chi connectivity index (χ2v) is 9.54. The van der Waals surface area contributed by atoms with Crippen molar-refractivity contribution in [2.24, 2.45) is 16.5 Å². The Morgan fingerprint density at radius 3 is 2.62 bits per heavy atom. The molecule has 1 aromatic carbocycles. The summed E-state index contributed by atoms with van der Waals surface area (Å²) in [4.78, 5) is 34.4. The molecule has 0 radical (unpaired) electrons. The number of aromatic nitrogens is 1. The smallest absolute Gasteiger partial charge is 0.326 e. The third-order valence-electron chi connectivity index (χ3n) is 6.51. The number of aliphatic carboxylic acids is 1. The molecule has 1 heterocycles. The van der Waals surface area contributed by atoms with Gasteiger partial charge in [-0.1, -0.05) is 26.7 Å². The lowest BCUT2D eigenvalue weighted by molar-refractivity contribution is -0.139. The molecule has 0 bridgehead atoms. The summed E-state index contributed by atoms with van der Waals surface area (Å²) in [5.41, 5.74) is 13.4. The number of nitrogens with zero attached hydrogens (tertiary/aromatic N) is 3. The van der Waals surface area contributed by atoms with Gasteiger partial charge < -0.3 is 41.6 Å². The van der Waals surface area contributed by atoms with Gasteiger partial charge in [-0.2, -0.15) is 0 Å². The van der Waals surface area contributed by atoms with Crippen LogP contribution >= 0.6 is 0 Å². The first-order valence-corrected chi connectivity index (χ1v) is 13.9. The molecule has 40 heavy (non-hydrogen) atoms. The zero-order valence-corrected chi connectivity index (χ0v) is 24.2. The van der Waals surface area contributed by atoms with E-state index >= 15 is 0 Å². The van der Waals surface area contributed by atoms with Crippen molar-refractivity contribution < 1.29 is 24.2 Å². The highest BCUT2D eigenvalue weighted by molar-refractivity contribution is 5.99. The predicted octanol–water partition coefficient (Wildman–Crippen LogP) is 3.01. The van der Waals surface area contributed by atoms with Crippen molar-refractivity contribution in [1.29, 1.82) is 0 Å². The second-order valence-electron chi connectivity index (χ2n) is 9.54. The molecule has 0 unspecified atom stereocenters. The SMILES string of the molecule is CCCCCOc1c(OC)cc(N(C)CCCNC(=O)N[C@H](CCCN=C(N)N)C(=O)O)c2nccc(CC)c12. The van der Waals surface area contributed by atoms with Crippen LogP contribution in [0.1, 0.15) is 57.9 Å². The zero-order valence-electron chi connectivity index (χ0n) is 24.2. The van der Waals surface area contributed by atoms with Gasteiger partial charge in [0.05, 0.1) is 30.3 Å². The molecule has 1 aromatic heterocycles. The fourth-order valence-corrected chi connectivity index (χ4v) is 4.35. The number of anilines is 1. The lowest BCUT2D eigenvalue weighted by Crippen LogP contribution is -2.46. The van der Waals surface area contributed by atoms with Gasteiger partial charge in [0.15, 0.2) is 17.5 Å². The number of hydrogen-bond acceptors (Lipinski definition) is 7. The maximum absolute atomic E-state index is 12.3. The Balaban J connectivity index is 2.05. The Bertz CT molecular complexity index is 1140. The van der Waals surface area contributed by atoms with E-state index in [4.69, 9.17) is 25.9 Å². The number of unbranched alkanes of at least 4 members (excludes halogenated alkanes) is 2. The van der Waals surface area contributed by atoms with Crippen LogP contribution in [-0.2, 0) is 11.2 Å². The second kappa shape index (κ2) is 16.9. The first-order chi connectivity index (χ1) is 19.2. The molecule has 0 aliphatic heterocycles. The maximum atomic E-state index is 12.3. The minimum atomic E-state index is -1.11. The van der Waals surface area contributed by atoms with Crippen molar-refractivity contribution in [2.45, 2.75) is 64.8 Å². The number of urea groups is 1. The molecular weight excluding hydrogens is 514 g/mol. The van der Waals surface area contributed by atoms with E-state index in [1.165, 1.54) is 0 Å². The Kier molecular flexibility index (Phi) is 13.6. The molecule has 2 aromatic rings. The van der Waals surface area contributed by atoms with Gasteiger partial charge >= 0.3 is 12.0 Å². The van der Waals surface area contributed by atoms with E-state index < -0.39 is 18.0 Å². The van der Waals surface area contributed by atoms with Crippen molar-refractivity contribution >= 4 is 34.6 Å². The number of amides is 2. The van der Waals surface area contributed by atoms with Crippen LogP contribution in [0.4, 0.5) is 10.5 Å². The third kappa shape index (κ3) is 9.65. The average molecular weight is 560 g/mol. The molecule has 0 saturated carbocycles. The summed E-state index contributed by atoms with van der Waals surface area (Å²) in [6.45, 7) is 6.15. The third-order valence-corrected chi connectivity index (χ3v) is 6.51. The fraction of sp³-hybridized carbons (Fsp3) is 0.571. The van der Waals surface area contributed by atoms with Crippen molar-refractivity contribution in [3.63, 3.8) is 0 Å². The average Bonchev–Trinajstić information content (AvgIpc) is 2.93. The molecule has 2 amide bonds.